The van der Waals surface area contributed by atoms with E-state index in [4.69, 9.17) is 9.51 Å². The molecular weight excluding hydrogens is 546 g/mol. The van der Waals surface area contributed by atoms with Crippen molar-refractivity contribution in [3.63, 3.8) is 0 Å². The molecule has 0 bridgehead atoms. The van der Waals surface area contributed by atoms with E-state index in [0.717, 1.165) is 16.7 Å². The first-order valence-corrected chi connectivity index (χ1v) is 14.4. The molecule has 1 aliphatic heterocycles. The number of hydrogen-bond acceptors (Lipinski definition) is 10. The van der Waals surface area contributed by atoms with Gasteiger partial charge in [-0.25, -0.2) is 13.4 Å². The van der Waals surface area contributed by atoms with Gasteiger partial charge in [0.15, 0.2) is 0 Å². The minimum atomic E-state index is -3.83. The lowest BCUT2D eigenvalue weighted by molar-refractivity contribution is -0.384. The van der Waals surface area contributed by atoms with Crippen molar-refractivity contribution >= 4 is 32.6 Å². The Balaban J connectivity index is 1.32. The third-order valence-corrected chi connectivity index (χ3v) is 8.92. The molecule has 208 valence electrons. The molecule has 0 unspecified atom stereocenters. The maximum absolute atomic E-state index is 13.3. The Morgan fingerprint density at radius 3 is 2.37 bits per heavy atom. The second kappa shape index (κ2) is 10.7. The van der Waals surface area contributed by atoms with Crippen molar-refractivity contribution in [1.29, 1.82) is 0 Å². The summed E-state index contributed by atoms with van der Waals surface area (Å²) in [5.74, 6) is 1.18. The second-order valence-corrected chi connectivity index (χ2v) is 11.7. The van der Waals surface area contributed by atoms with Crippen molar-refractivity contribution in [3.8, 4) is 11.3 Å². The molecular formula is C28H25N7O5S. The number of anilines is 1. The highest BCUT2D eigenvalue weighted by molar-refractivity contribution is 7.89. The molecule has 0 aliphatic carbocycles. The van der Waals surface area contributed by atoms with Crippen LogP contribution in [-0.2, 0) is 16.4 Å². The Morgan fingerprint density at radius 1 is 0.976 bits per heavy atom. The summed E-state index contributed by atoms with van der Waals surface area (Å²) in [4.78, 5) is 26.3. The lowest BCUT2D eigenvalue weighted by Gasteiger charge is -2.35. The quantitative estimate of drug-likeness (QED) is 0.207. The molecule has 6 rings (SSSR count). The number of pyridine rings is 1. The van der Waals surface area contributed by atoms with Crippen molar-refractivity contribution in [2.24, 2.45) is 0 Å². The van der Waals surface area contributed by atoms with Crippen molar-refractivity contribution in [2.75, 3.05) is 31.1 Å². The zero-order valence-electron chi connectivity index (χ0n) is 22.0. The fourth-order valence-electron chi connectivity index (χ4n) is 4.81. The molecule has 0 spiro atoms. The minimum absolute atomic E-state index is 0.0132. The Labute approximate surface area is 235 Å². The average Bonchev–Trinajstić information content (AvgIpc) is 3.42. The fraction of sp³-hybridized carbons (Fsp3) is 0.214. The molecule has 1 aliphatic rings. The van der Waals surface area contributed by atoms with E-state index in [1.165, 1.54) is 28.6 Å². The molecule has 1 saturated heterocycles. The minimum Gasteiger partial charge on any atom is -0.353 e. The third-order valence-electron chi connectivity index (χ3n) is 7.00. The number of nitro groups is 1. The predicted molar refractivity (Wildman–Crippen MR) is 151 cm³/mol. The first-order valence-electron chi connectivity index (χ1n) is 12.9. The van der Waals surface area contributed by atoms with E-state index in [0.29, 0.717) is 47.9 Å². The van der Waals surface area contributed by atoms with Gasteiger partial charge in [-0.2, -0.15) is 9.29 Å². The monoisotopic (exact) mass is 571 g/mol. The van der Waals surface area contributed by atoms with Crippen LogP contribution in [0.2, 0.25) is 0 Å². The molecule has 3 aromatic heterocycles. The molecule has 13 heteroatoms. The summed E-state index contributed by atoms with van der Waals surface area (Å²) >= 11 is 0. The number of benzene rings is 2. The van der Waals surface area contributed by atoms with Crippen LogP contribution in [0.5, 0.6) is 0 Å². The van der Waals surface area contributed by atoms with E-state index in [1.807, 2.05) is 48.2 Å². The van der Waals surface area contributed by atoms with Crippen molar-refractivity contribution in [3.05, 3.63) is 100 Å². The molecule has 0 radical (unpaired) electrons. The molecule has 41 heavy (non-hydrogen) atoms. The van der Waals surface area contributed by atoms with Crippen LogP contribution < -0.4 is 4.90 Å². The zero-order chi connectivity index (χ0) is 28.6. The molecule has 0 N–H and O–H groups in total. The summed E-state index contributed by atoms with van der Waals surface area (Å²) in [5, 5.41) is 15.9. The van der Waals surface area contributed by atoms with Crippen molar-refractivity contribution in [1.82, 2.24) is 24.4 Å². The molecule has 0 saturated carbocycles. The first kappa shape index (κ1) is 26.5. The van der Waals surface area contributed by atoms with Gasteiger partial charge in [0.05, 0.1) is 9.82 Å². The Morgan fingerprint density at radius 2 is 1.71 bits per heavy atom. The molecule has 12 nitrogen and oxygen atoms in total. The van der Waals surface area contributed by atoms with Crippen LogP contribution in [0.4, 0.5) is 11.5 Å². The summed E-state index contributed by atoms with van der Waals surface area (Å²) in [6, 6.07) is 16.8. The highest BCUT2D eigenvalue weighted by Crippen LogP contribution is 2.34. The number of nitrogens with zero attached hydrogens (tertiary/aromatic N) is 7. The number of piperazine rings is 1. The number of hydrogen-bond donors (Lipinski definition) is 0. The van der Waals surface area contributed by atoms with Gasteiger partial charge < -0.3 is 9.42 Å². The van der Waals surface area contributed by atoms with Crippen LogP contribution in [0.1, 0.15) is 17.0 Å². The maximum Gasteiger partial charge on any atom is 0.269 e. The number of rotatable bonds is 7. The summed E-state index contributed by atoms with van der Waals surface area (Å²) in [6.07, 6.45) is 3.85. The van der Waals surface area contributed by atoms with E-state index < -0.39 is 14.9 Å². The Kier molecular flexibility index (Phi) is 6.89. The van der Waals surface area contributed by atoms with Gasteiger partial charge in [-0.15, -0.1) is 0 Å². The van der Waals surface area contributed by atoms with Gasteiger partial charge in [0.2, 0.25) is 10.0 Å². The summed E-state index contributed by atoms with van der Waals surface area (Å²) < 4.78 is 33.6. The van der Waals surface area contributed by atoms with Gasteiger partial charge >= 0.3 is 0 Å². The van der Waals surface area contributed by atoms with Crippen LogP contribution in [-0.4, -0.2) is 63.9 Å². The topological polar surface area (TPSA) is 148 Å². The van der Waals surface area contributed by atoms with E-state index in [2.05, 4.69) is 15.1 Å². The summed E-state index contributed by atoms with van der Waals surface area (Å²) in [7, 11) is -3.83. The number of nitro benzene ring substituents is 1. The predicted octanol–water partition coefficient (Wildman–Crippen LogP) is 4.00. The van der Waals surface area contributed by atoms with E-state index in [9.17, 15) is 18.5 Å². The number of aromatic nitrogens is 4. The van der Waals surface area contributed by atoms with Gasteiger partial charge in [-0.05, 0) is 36.8 Å². The number of sulfonamides is 1. The van der Waals surface area contributed by atoms with Gasteiger partial charge in [-0.3, -0.25) is 15.1 Å². The third kappa shape index (κ3) is 5.24. The largest absolute Gasteiger partial charge is 0.353 e. The van der Waals surface area contributed by atoms with Crippen LogP contribution >= 0.6 is 0 Å². The number of fused-ring (bicyclic) bond motifs is 1. The highest BCUT2D eigenvalue weighted by Gasteiger charge is 2.31. The zero-order valence-corrected chi connectivity index (χ0v) is 22.9. The lowest BCUT2D eigenvalue weighted by Crippen LogP contribution is -2.49. The molecule has 0 amide bonds. The summed E-state index contributed by atoms with van der Waals surface area (Å²) in [6.45, 7) is 3.15. The normalized spacial score (nSPS) is 14.4. The Bertz CT molecular complexity index is 1820. The van der Waals surface area contributed by atoms with Crippen LogP contribution in [0.15, 0.2) is 82.5 Å². The second-order valence-electron chi connectivity index (χ2n) is 9.72. The van der Waals surface area contributed by atoms with Gasteiger partial charge in [0.1, 0.15) is 22.7 Å². The molecule has 2 aromatic carbocycles. The van der Waals surface area contributed by atoms with Gasteiger partial charge in [-0.1, -0.05) is 35.0 Å². The van der Waals surface area contributed by atoms with Gasteiger partial charge in [0.25, 0.3) is 11.4 Å². The molecule has 1 fully saturated rings. The molecule has 4 heterocycles. The standard InChI is InChI=1S/C28H25N7O5S/c1-19-4-6-20(7-5-19)17-24-30-27(25-26(32-40-28(25)31-24)21-3-2-12-29-18-21)33-13-15-34(16-14-33)41(38,39)23-10-8-22(9-11-23)35(36)37/h2-12,18H,13-17H2,1H3. The van der Waals surface area contributed by atoms with Gasteiger partial charge in [0, 0.05) is 62.7 Å². The number of aryl methyl sites for hydroxylation is 1. The maximum atomic E-state index is 13.3. The smallest absolute Gasteiger partial charge is 0.269 e. The van der Waals surface area contributed by atoms with Crippen LogP contribution in [0, 0.1) is 17.0 Å². The SMILES string of the molecule is Cc1ccc(Cc2nc(N3CCN(S(=O)(=O)c4ccc([N+](=O)[O-])cc4)CC3)c3c(-c4cccnc4)noc3n2)cc1. The van der Waals surface area contributed by atoms with Crippen LogP contribution in [0.25, 0.3) is 22.4 Å². The van der Waals surface area contributed by atoms with Crippen molar-refractivity contribution in [2.45, 2.75) is 18.2 Å². The van der Waals surface area contributed by atoms with E-state index in [1.54, 1.807) is 12.4 Å². The fourth-order valence-corrected chi connectivity index (χ4v) is 6.23. The molecule has 5 aromatic rings. The number of non-ortho nitro benzene ring substituents is 1. The van der Waals surface area contributed by atoms with Crippen LogP contribution in [0.3, 0.4) is 0 Å². The molecule has 0 atom stereocenters. The van der Waals surface area contributed by atoms with E-state index in [-0.39, 0.29) is 23.7 Å². The average molecular weight is 572 g/mol. The van der Waals surface area contributed by atoms with E-state index >= 15 is 0 Å². The summed E-state index contributed by atoms with van der Waals surface area (Å²) in [5.41, 5.74) is 3.70. The van der Waals surface area contributed by atoms with Crippen molar-refractivity contribution < 1.29 is 17.9 Å². The first-order chi connectivity index (χ1) is 19.8. The highest BCUT2D eigenvalue weighted by atomic mass is 32.2. The lowest BCUT2D eigenvalue weighted by atomic mass is 10.1. The Hall–Kier alpha value is -4.75.